The fourth-order valence-electron chi connectivity index (χ4n) is 3.03. The molecule has 0 atom stereocenters. The van der Waals surface area contributed by atoms with Crippen LogP contribution < -0.4 is 5.32 Å². The third-order valence-corrected chi connectivity index (χ3v) is 4.23. The van der Waals surface area contributed by atoms with Crippen molar-refractivity contribution in [2.75, 3.05) is 18.4 Å². The first-order valence-electron chi connectivity index (χ1n) is 7.36. The molecule has 0 unspecified atom stereocenters. The van der Waals surface area contributed by atoms with Crippen molar-refractivity contribution in [3.8, 4) is 0 Å². The van der Waals surface area contributed by atoms with Crippen LogP contribution in [0.15, 0.2) is 12.1 Å². The van der Waals surface area contributed by atoms with Gasteiger partial charge in [-0.15, -0.1) is 0 Å². The van der Waals surface area contributed by atoms with Crippen molar-refractivity contribution in [1.82, 2.24) is 4.90 Å². The second-order valence-corrected chi connectivity index (χ2v) is 5.84. The minimum Gasteiger partial charge on any atom is -0.321 e. The molecule has 0 radical (unpaired) electrons. The molecule has 6 nitrogen and oxygen atoms in total. The highest BCUT2D eigenvalue weighted by molar-refractivity contribution is 5.91. The van der Waals surface area contributed by atoms with E-state index in [2.05, 4.69) is 10.2 Å². The minimum absolute atomic E-state index is 0.0104. The van der Waals surface area contributed by atoms with E-state index in [9.17, 15) is 14.9 Å². The lowest BCUT2D eigenvalue weighted by atomic mass is 10.0. The van der Waals surface area contributed by atoms with Crippen LogP contribution in [-0.4, -0.2) is 34.9 Å². The molecule has 1 saturated carbocycles. The maximum atomic E-state index is 11.2. The van der Waals surface area contributed by atoms with Crippen molar-refractivity contribution in [1.29, 1.82) is 0 Å². The van der Waals surface area contributed by atoms with Gasteiger partial charge in [-0.2, -0.15) is 0 Å². The first-order chi connectivity index (χ1) is 10.0. The third kappa shape index (κ3) is 3.05. The number of carbonyl (C=O) groups excluding carboxylic acids is 1. The number of nitro groups is 1. The number of nitrogens with zero attached hydrogens (tertiary/aromatic N) is 2. The Morgan fingerprint density at radius 1 is 1.29 bits per heavy atom. The molecule has 3 rings (SSSR count). The van der Waals surface area contributed by atoms with Gasteiger partial charge in [0.15, 0.2) is 0 Å². The maximum absolute atomic E-state index is 11.2. The van der Waals surface area contributed by atoms with Gasteiger partial charge in [0.05, 0.1) is 4.92 Å². The quantitative estimate of drug-likeness (QED) is 0.683. The molecule has 0 aromatic heterocycles. The summed E-state index contributed by atoms with van der Waals surface area (Å²) < 4.78 is 0. The lowest BCUT2D eigenvalue weighted by molar-refractivity contribution is -0.384. The molecule has 1 aromatic rings. The normalized spacial score (nSPS) is 18.7. The summed E-state index contributed by atoms with van der Waals surface area (Å²) in [6.07, 6.45) is 4.27. The van der Waals surface area contributed by atoms with Crippen LogP contribution in [0, 0.1) is 10.1 Å². The van der Waals surface area contributed by atoms with Gasteiger partial charge in [-0.3, -0.25) is 19.8 Å². The first-order valence-corrected chi connectivity index (χ1v) is 7.36. The molecule has 1 aliphatic carbocycles. The maximum Gasteiger partial charge on any atom is 0.293 e. The number of carbonyl (C=O) groups is 1. The average molecular weight is 289 g/mol. The SMILES string of the molecule is CC(=O)Nc1cc2c(cc1[N+](=O)[O-])CCN(C1CC1)CC2. The summed E-state index contributed by atoms with van der Waals surface area (Å²) in [6.45, 7) is 3.33. The van der Waals surface area contributed by atoms with E-state index in [0.29, 0.717) is 11.7 Å². The van der Waals surface area contributed by atoms with Crippen molar-refractivity contribution >= 4 is 17.3 Å². The Balaban J connectivity index is 1.91. The standard InChI is InChI=1S/C15H19N3O3/c1-10(19)16-14-8-11-4-6-17(13-2-3-13)7-5-12(11)9-15(14)18(20)21/h8-9,13H,2-7H2,1H3,(H,16,19). The largest absolute Gasteiger partial charge is 0.321 e. The summed E-state index contributed by atoms with van der Waals surface area (Å²) in [5, 5.41) is 13.8. The zero-order valence-electron chi connectivity index (χ0n) is 12.1. The Bertz CT molecular complexity index is 596. The smallest absolute Gasteiger partial charge is 0.293 e. The van der Waals surface area contributed by atoms with Crippen LogP contribution in [0.1, 0.15) is 30.9 Å². The van der Waals surface area contributed by atoms with Gasteiger partial charge >= 0.3 is 0 Å². The van der Waals surface area contributed by atoms with Crippen molar-refractivity contribution in [2.24, 2.45) is 0 Å². The molecular weight excluding hydrogens is 270 g/mol. The Morgan fingerprint density at radius 3 is 2.43 bits per heavy atom. The fraction of sp³-hybridized carbons (Fsp3) is 0.533. The summed E-state index contributed by atoms with van der Waals surface area (Å²) >= 11 is 0. The van der Waals surface area contributed by atoms with Crippen LogP contribution in [0.25, 0.3) is 0 Å². The van der Waals surface area contributed by atoms with Gasteiger partial charge in [-0.05, 0) is 42.9 Å². The number of hydrogen-bond acceptors (Lipinski definition) is 4. The van der Waals surface area contributed by atoms with E-state index in [1.165, 1.54) is 19.8 Å². The molecule has 1 fully saturated rings. The zero-order chi connectivity index (χ0) is 15.0. The van der Waals surface area contributed by atoms with Crippen LogP contribution in [0.3, 0.4) is 0 Å². The van der Waals surface area contributed by atoms with Gasteiger partial charge in [-0.25, -0.2) is 0 Å². The van der Waals surface area contributed by atoms with Crippen molar-refractivity contribution in [2.45, 2.75) is 38.6 Å². The third-order valence-electron chi connectivity index (χ3n) is 4.23. The molecule has 0 saturated heterocycles. The molecule has 1 N–H and O–H groups in total. The molecule has 1 heterocycles. The Kier molecular flexibility index (Phi) is 3.63. The number of benzene rings is 1. The predicted molar refractivity (Wildman–Crippen MR) is 79.4 cm³/mol. The Hall–Kier alpha value is -1.95. The number of fused-ring (bicyclic) bond motifs is 1. The number of anilines is 1. The molecule has 2 aliphatic rings. The highest BCUT2D eigenvalue weighted by atomic mass is 16.6. The molecular formula is C15H19N3O3. The van der Waals surface area contributed by atoms with Gasteiger partial charge in [0.1, 0.15) is 5.69 Å². The fourth-order valence-corrected chi connectivity index (χ4v) is 3.03. The summed E-state index contributed by atoms with van der Waals surface area (Å²) in [6, 6.07) is 4.13. The van der Waals surface area contributed by atoms with Gasteiger partial charge in [-0.1, -0.05) is 0 Å². The summed E-state index contributed by atoms with van der Waals surface area (Å²) in [5.74, 6) is -0.286. The highest BCUT2D eigenvalue weighted by Crippen LogP contribution is 2.33. The van der Waals surface area contributed by atoms with Gasteiger partial charge in [0.25, 0.3) is 5.69 Å². The van der Waals surface area contributed by atoms with E-state index in [4.69, 9.17) is 0 Å². The van der Waals surface area contributed by atoms with Crippen LogP contribution in [0.2, 0.25) is 0 Å². The number of nitro benzene ring substituents is 1. The highest BCUT2D eigenvalue weighted by Gasteiger charge is 2.30. The van der Waals surface area contributed by atoms with E-state index in [-0.39, 0.29) is 11.6 Å². The van der Waals surface area contributed by atoms with Crippen LogP contribution in [0.5, 0.6) is 0 Å². The van der Waals surface area contributed by atoms with Gasteiger partial charge in [0, 0.05) is 32.1 Å². The Morgan fingerprint density at radius 2 is 1.90 bits per heavy atom. The van der Waals surface area contributed by atoms with Crippen LogP contribution >= 0.6 is 0 Å². The lowest BCUT2D eigenvalue weighted by Gasteiger charge is -2.18. The minimum atomic E-state index is -0.422. The molecule has 6 heteroatoms. The van der Waals surface area contributed by atoms with E-state index in [1.807, 2.05) is 0 Å². The molecule has 0 spiro atoms. The second kappa shape index (κ2) is 5.44. The molecule has 0 bridgehead atoms. The number of nitrogens with one attached hydrogen (secondary N) is 1. The monoisotopic (exact) mass is 289 g/mol. The average Bonchev–Trinajstić information content (AvgIpc) is 3.22. The van der Waals surface area contributed by atoms with E-state index in [1.54, 1.807) is 12.1 Å². The zero-order valence-corrected chi connectivity index (χ0v) is 12.1. The van der Waals surface area contributed by atoms with E-state index >= 15 is 0 Å². The van der Waals surface area contributed by atoms with Gasteiger partial charge in [0.2, 0.25) is 5.91 Å². The predicted octanol–water partition coefficient (Wildman–Crippen LogP) is 2.12. The molecule has 112 valence electrons. The van der Waals surface area contributed by atoms with Gasteiger partial charge < -0.3 is 5.32 Å². The molecule has 1 aliphatic heterocycles. The topological polar surface area (TPSA) is 75.5 Å². The van der Waals surface area contributed by atoms with Crippen molar-refractivity contribution in [3.05, 3.63) is 33.4 Å². The lowest BCUT2D eigenvalue weighted by Crippen LogP contribution is -2.28. The second-order valence-electron chi connectivity index (χ2n) is 5.84. The van der Waals surface area contributed by atoms with E-state index < -0.39 is 4.92 Å². The summed E-state index contributed by atoms with van der Waals surface area (Å²) in [5.41, 5.74) is 2.46. The molecule has 1 amide bonds. The number of hydrogen-bond donors (Lipinski definition) is 1. The molecule has 21 heavy (non-hydrogen) atoms. The number of rotatable bonds is 3. The first kappa shape index (κ1) is 14.0. The van der Waals surface area contributed by atoms with Crippen LogP contribution in [-0.2, 0) is 17.6 Å². The Labute approximate surface area is 123 Å². The summed E-state index contributed by atoms with van der Waals surface area (Å²) in [7, 11) is 0. The van der Waals surface area contributed by atoms with Crippen molar-refractivity contribution < 1.29 is 9.72 Å². The van der Waals surface area contributed by atoms with E-state index in [0.717, 1.165) is 37.1 Å². The van der Waals surface area contributed by atoms with Crippen molar-refractivity contribution in [3.63, 3.8) is 0 Å². The number of amides is 1. The summed E-state index contributed by atoms with van der Waals surface area (Å²) in [4.78, 5) is 24.5. The molecule has 1 aromatic carbocycles. The van der Waals surface area contributed by atoms with Crippen LogP contribution in [0.4, 0.5) is 11.4 Å².